The van der Waals surface area contributed by atoms with Crippen molar-refractivity contribution in [1.82, 2.24) is 4.72 Å². The highest BCUT2D eigenvalue weighted by molar-refractivity contribution is 7.89. The standard InChI is InChI=1S/C13H19NO5S/c1-10(7-8-19-2)14-20(17,18)12-5-3-11(4-6-12)9-13(15)16/h3-6,10,14H,7-9H2,1-2H3,(H,15,16). The number of ether oxygens (including phenoxy) is 1. The van der Waals surface area contributed by atoms with Crippen LogP contribution in [0.5, 0.6) is 0 Å². The van der Waals surface area contributed by atoms with Crippen LogP contribution in [-0.4, -0.2) is 39.3 Å². The van der Waals surface area contributed by atoms with Crippen LogP contribution in [0.2, 0.25) is 0 Å². The van der Waals surface area contributed by atoms with E-state index in [1.165, 1.54) is 24.3 Å². The van der Waals surface area contributed by atoms with Gasteiger partial charge in [-0.05, 0) is 31.0 Å². The molecule has 0 saturated carbocycles. The quantitative estimate of drug-likeness (QED) is 0.747. The third-order valence-electron chi connectivity index (χ3n) is 2.70. The Morgan fingerprint density at radius 1 is 1.35 bits per heavy atom. The summed E-state index contributed by atoms with van der Waals surface area (Å²) in [6.07, 6.45) is 0.449. The third-order valence-corrected chi connectivity index (χ3v) is 4.31. The minimum absolute atomic E-state index is 0.121. The number of sulfonamides is 1. The Morgan fingerprint density at radius 2 is 1.95 bits per heavy atom. The molecule has 1 aromatic carbocycles. The fraction of sp³-hybridized carbons (Fsp3) is 0.462. The maximum atomic E-state index is 12.1. The van der Waals surface area contributed by atoms with Crippen LogP contribution in [0, 0.1) is 0 Å². The van der Waals surface area contributed by atoms with Crippen LogP contribution < -0.4 is 4.72 Å². The average Bonchev–Trinajstić information content (AvgIpc) is 2.35. The zero-order chi connectivity index (χ0) is 15.2. The number of aliphatic carboxylic acids is 1. The first-order valence-corrected chi connectivity index (χ1v) is 7.65. The van der Waals surface area contributed by atoms with Gasteiger partial charge in [0.2, 0.25) is 10.0 Å². The Bertz CT molecular complexity index is 538. The SMILES string of the molecule is COCCC(C)NS(=O)(=O)c1ccc(CC(=O)O)cc1. The minimum Gasteiger partial charge on any atom is -0.481 e. The molecule has 1 atom stereocenters. The molecule has 0 spiro atoms. The lowest BCUT2D eigenvalue weighted by atomic mass is 10.2. The van der Waals surface area contributed by atoms with Crippen molar-refractivity contribution in [2.45, 2.75) is 30.7 Å². The Morgan fingerprint density at radius 3 is 2.45 bits per heavy atom. The first-order chi connectivity index (χ1) is 9.35. The molecule has 0 bridgehead atoms. The van der Waals surface area contributed by atoms with Gasteiger partial charge in [0.05, 0.1) is 11.3 Å². The lowest BCUT2D eigenvalue weighted by Gasteiger charge is -2.13. The van der Waals surface area contributed by atoms with E-state index >= 15 is 0 Å². The van der Waals surface area contributed by atoms with Crippen molar-refractivity contribution in [3.8, 4) is 0 Å². The second-order valence-electron chi connectivity index (χ2n) is 4.52. The van der Waals surface area contributed by atoms with Crippen LogP contribution in [0.1, 0.15) is 18.9 Å². The summed E-state index contributed by atoms with van der Waals surface area (Å²) >= 11 is 0. The average molecular weight is 301 g/mol. The summed E-state index contributed by atoms with van der Waals surface area (Å²) in [5.41, 5.74) is 0.559. The first-order valence-electron chi connectivity index (χ1n) is 6.17. The molecule has 0 radical (unpaired) electrons. The van der Waals surface area contributed by atoms with E-state index in [0.717, 1.165) is 0 Å². The molecule has 1 aromatic rings. The summed E-state index contributed by atoms with van der Waals surface area (Å²) in [5, 5.41) is 8.66. The fourth-order valence-corrected chi connectivity index (χ4v) is 2.93. The molecule has 0 saturated heterocycles. The van der Waals surface area contributed by atoms with Crippen molar-refractivity contribution < 1.29 is 23.1 Å². The molecule has 112 valence electrons. The first kappa shape index (κ1) is 16.6. The van der Waals surface area contributed by atoms with Gasteiger partial charge in [-0.2, -0.15) is 0 Å². The minimum atomic E-state index is -3.59. The largest absolute Gasteiger partial charge is 0.481 e. The molecule has 1 unspecified atom stereocenters. The predicted molar refractivity (Wildman–Crippen MR) is 74.1 cm³/mol. The van der Waals surface area contributed by atoms with Gasteiger partial charge < -0.3 is 9.84 Å². The predicted octanol–water partition coefficient (Wildman–Crippen LogP) is 1.02. The summed E-state index contributed by atoms with van der Waals surface area (Å²) in [5.74, 6) is -0.952. The molecule has 0 aliphatic rings. The molecular formula is C13H19NO5S. The Labute approximate surface area is 118 Å². The fourth-order valence-electron chi connectivity index (χ4n) is 1.65. The van der Waals surface area contributed by atoms with Gasteiger partial charge in [-0.3, -0.25) is 4.79 Å². The molecule has 7 heteroatoms. The maximum absolute atomic E-state index is 12.1. The third kappa shape index (κ3) is 5.28. The van der Waals surface area contributed by atoms with Crippen molar-refractivity contribution in [1.29, 1.82) is 0 Å². The van der Waals surface area contributed by atoms with Gasteiger partial charge in [0.15, 0.2) is 0 Å². The Balaban J connectivity index is 2.74. The van der Waals surface area contributed by atoms with Crippen LogP contribution in [0.3, 0.4) is 0 Å². The molecule has 0 heterocycles. The lowest BCUT2D eigenvalue weighted by molar-refractivity contribution is -0.136. The number of hydrogen-bond acceptors (Lipinski definition) is 4. The van der Waals surface area contributed by atoms with Crippen LogP contribution in [0.25, 0.3) is 0 Å². The number of rotatable bonds is 8. The molecule has 6 nitrogen and oxygen atoms in total. The van der Waals surface area contributed by atoms with Crippen molar-refractivity contribution in [2.75, 3.05) is 13.7 Å². The molecule has 0 amide bonds. The molecular weight excluding hydrogens is 282 g/mol. The van der Waals surface area contributed by atoms with Crippen LogP contribution in [-0.2, 0) is 26.0 Å². The van der Waals surface area contributed by atoms with Gasteiger partial charge in [0.1, 0.15) is 0 Å². The van der Waals surface area contributed by atoms with E-state index in [2.05, 4.69) is 4.72 Å². The van der Waals surface area contributed by atoms with E-state index in [1.54, 1.807) is 14.0 Å². The summed E-state index contributed by atoms with van der Waals surface area (Å²) < 4.78 is 31.6. The van der Waals surface area contributed by atoms with Gasteiger partial charge >= 0.3 is 5.97 Å². The zero-order valence-corrected chi connectivity index (χ0v) is 12.3. The topological polar surface area (TPSA) is 92.7 Å². The number of carbonyl (C=O) groups is 1. The number of carboxylic acid groups (broad SMARTS) is 1. The van der Waals surface area contributed by atoms with Gasteiger partial charge in [0.25, 0.3) is 0 Å². The van der Waals surface area contributed by atoms with E-state index < -0.39 is 16.0 Å². The van der Waals surface area contributed by atoms with E-state index in [1.807, 2.05) is 0 Å². The van der Waals surface area contributed by atoms with Gasteiger partial charge in [0, 0.05) is 19.8 Å². The van der Waals surface area contributed by atoms with E-state index in [4.69, 9.17) is 9.84 Å². The highest BCUT2D eigenvalue weighted by Crippen LogP contribution is 2.12. The van der Waals surface area contributed by atoms with E-state index in [-0.39, 0.29) is 17.4 Å². The number of carboxylic acids is 1. The zero-order valence-electron chi connectivity index (χ0n) is 11.5. The van der Waals surface area contributed by atoms with Crippen LogP contribution in [0.15, 0.2) is 29.2 Å². The summed E-state index contributed by atoms with van der Waals surface area (Å²) in [4.78, 5) is 10.7. The van der Waals surface area contributed by atoms with Crippen molar-refractivity contribution in [3.05, 3.63) is 29.8 Å². The van der Waals surface area contributed by atoms with Crippen molar-refractivity contribution >= 4 is 16.0 Å². The molecule has 0 aromatic heterocycles. The molecule has 1 rings (SSSR count). The summed E-state index contributed by atoms with van der Waals surface area (Å²) in [6, 6.07) is 5.58. The number of benzene rings is 1. The monoisotopic (exact) mass is 301 g/mol. The normalized spacial score (nSPS) is 13.1. The number of nitrogens with one attached hydrogen (secondary N) is 1. The van der Waals surface area contributed by atoms with Gasteiger partial charge in [-0.1, -0.05) is 12.1 Å². The van der Waals surface area contributed by atoms with Gasteiger partial charge in [-0.15, -0.1) is 0 Å². The Kier molecular flexibility index (Phi) is 6.12. The number of methoxy groups -OCH3 is 1. The van der Waals surface area contributed by atoms with Crippen molar-refractivity contribution in [2.24, 2.45) is 0 Å². The summed E-state index contributed by atoms with van der Waals surface area (Å²) in [7, 11) is -2.03. The smallest absolute Gasteiger partial charge is 0.307 e. The maximum Gasteiger partial charge on any atom is 0.307 e. The molecule has 0 fully saturated rings. The van der Waals surface area contributed by atoms with Gasteiger partial charge in [-0.25, -0.2) is 13.1 Å². The highest BCUT2D eigenvalue weighted by Gasteiger charge is 2.17. The molecule has 2 N–H and O–H groups in total. The second kappa shape index (κ2) is 7.37. The van der Waals surface area contributed by atoms with E-state index in [0.29, 0.717) is 18.6 Å². The van der Waals surface area contributed by atoms with Crippen molar-refractivity contribution in [3.63, 3.8) is 0 Å². The summed E-state index contributed by atoms with van der Waals surface area (Å²) in [6.45, 7) is 2.23. The molecule has 0 aliphatic heterocycles. The highest BCUT2D eigenvalue weighted by atomic mass is 32.2. The number of hydrogen-bond donors (Lipinski definition) is 2. The molecule has 0 aliphatic carbocycles. The lowest BCUT2D eigenvalue weighted by Crippen LogP contribution is -2.33. The van der Waals surface area contributed by atoms with E-state index in [9.17, 15) is 13.2 Å². The van der Waals surface area contributed by atoms with Crippen LogP contribution >= 0.6 is 0 Å². The Hall–Kier alpha value is -1.44. The van der Waals surface area contributed by atoms with Crippen LogP contribution in [0.4, 0.5) is 0 Å². The molecule has 20 heavy (non-hydrogen) atoms. The second-order valence-corrected chi connectivity index (χ2v) is 6.23.